The Labute approximate surface area is 123 Å². The minimum absolute atomic E-state index is 0. The molecule has 0 aliphatic carbocycles. The van der Waals surface area contributed by atoms with Crippen LogP contribution in [0.25, 0.3) is 5.65 Å². The van der Waals surface area contributed by atoms with E-state index in [0.29, 0.717) is 18.2 Å². The topological polar surface area (TPSA) is 54.6 Å². The van der Waals surface area contributed by atoms with Crippen molar-refractivity contribution in [2.45, 2.75) is 19.0 Å². The van der Waals surface area contributed by atoms with Crippen molar-refractivity contribution in [3.05, 3.63) is 34.9 Å². The van der Waals surface area contributed by atoms with Crippen molar-refractivity contribution in [3.8, 4) is 0 Å². The Morgan fingerprint density at radius 2 is 2.35 bits per heavy atom. The van der Waals surface area contributed by atoms with Gasteiger partial charge in [-0.3, -0.25) is 4.40 Å². The van der Waals surface area contributed by atoms with Gasteiger partial charge in [0, 0.05) is 25.3 Å². The molecule has 1 N–H and O–H groups in total. The molecule has 1 atom stereocenters. The fourth-order valence-electron chi connectivity index (χ4n) is 2.56. The third-order valence-corrected chi connectivity index (χ3v) is 3.81. The van der Waals surface area contributed by atoms with Crippen LogP contribution >= 0.6 is 12.4 Å². The molecule has 0 bridgehead atoms. The maximum Gasteiger partial charge on any atom is 0.350 e. The number of aromatic nitrogens is 3. The zero-order valence-corrected chi connectivity index (χ0v) is 12.3. The summed E-state index contributed by atoms with van der Waals surface area (Å²) >= 11 is 0. The van der Waals surface area contributed by atoms with Gasteiger partial charge in [0.1, 0.15) is 0 Å². The number of halogens is 1. The van der Waals surface area contributed by atoms with Crippen molar-refractivity contribution < 1.29 is 0 Å². The number of rotatable bonds is 4. The van der Waals surface area contributed by atoms with Crippen LogP contribution in [0.2, 0.25) is 0 Å². The molecule has 3 rings (SSSR count). The maximum absolute atomic E-state index is 12.1. The second-order valence-electron chi connectivity index (χ2n) is 5.06. The average Bonchev–Trinajstić information content (AvgIpc) is 3.05. The molecule has 6 nitrogen and oxygen atoms in total. The molecule has 2 aromatic rings. The predicted octanol–water partition coefficient (Wildman–Crippen LogP) is 0.211. The standard InChI is InChI=1S/C13H19N5O.ClH/c1-16(11-5-6-14-10-11)8-9-18-13(19)17-7-3-2-4-12(17)15-18;/h2-4,7,11,14H,5-6,8-10H2,1H3;1H. The molecule has 3 heterocycles. The van der Waals surface area contributed by atoms with Gasteiger partial charge >= 0.3 is 5.69 Å². The van der Waals surface area contributed by atoms with Crippen LogP contribution in [0.15, 0.2) is 29.2 Å². The van der Waals surface area contributed by atoms with Crippen molar-refractivity contribution in [1.82, 2.24) is 24.4 Å². The fraction of sp³-hybridized carbons (Fsp3) is 0.538. The van der Waals surface area contributed by atoms with Crippen LogP contribution in [0.3, 0.4) is 0 Å². The number of likely N-dealkylation sites (N-methyl/N-ethyl adjacent to an activating group) is 1. The van der Waals surface area contributed by atoms with Crippen LogP contribution in [0.4, 0.5) is 0 Å². The largest absolute Gasteiger partial charge is 0.350 e. The van der Waals surface area contributed by atoms with E-state index in [1.807, 2.05) is 18.2 Å². The molecule has 0 saturated carbocycles. The van der Waals surface area contributed by atoms with E-state index in [1.54, 1.807) is 15.3 Å². The highest BCUT2D eigenvalue weighted by atomic mass is 35.5. The predicted molar refractivity (Wildman–Crippen MR) is 80.6 cm³/mol. The number of hydrogen-bond donors (Lipinski definition) is 1. The molecular formula is C13H20ClN5O. The molecule has 20 heavy (non-hydrogen) atoms. The smallest absolute Gasteiger partial charge is 0.315 e. The Hall–Kier alpha value is -1.37. The Kier molecular flexibility index (Phi) is 4.80. The van der Waals surface area contributed by atoms with E-state index in [0.717, 1.165) is 19.6 Å². The van der Waals surface area contributed by atoms with Gasteiger partial charge in [0.25, 0.3) is 0 Å². The summed E-state index contributed by atoms with van der Waals surface area (Å²) in [6.45, 7) is 3.60. The minimum Gasteiger partial charge on any atom is -0.315 e. The summed E-state index contributed by atoms with van der Waals surface area (Å²) in [6.07, 6.45) is 2.93. The lowest BCUT2D eigenvalue weighted by Gasteiger charge is -2.22. The molecule has 1 aliphatic rings. The van der Waals surface area contributed by atoms with Gasteiger partial charge in [0.15, 0.2) is 5.65 Å². The summed E-state index contributed by atoms with van der Waals surface area (Å²) in [6, 6.07) is 6.16. The first-order valence-electron chi connectivity index (χ1n) is 6.71. The summed E-state index contributed by atoms with van der Waals surface area (Å²) < 4.78 is 3.13. The number of pyridine rings is 1. The maximum atomic E-state index is 12.1. The normalized spacial score (nSPS) is 18.6. The van der Waals surface area contributed by atoms with Crippen molar-refractivity contribution in [2.75, 3.05) is 26.7 Å². The van der Waals surface area contributed by atoms with Crippen LogP contribution in [0.5, 0.6) is 0 Å². The number of nitrogens with one attached hydrogen (secondary N) is 1. The highest BCUT2D eigenvalue weighted by molar-refractivity contribution is 5.85. The van der Waals surface area contributed by atoms with Gasteiger partial charge in [0.05, 0.1) is 6.54 Å². The third kappa shape index (κ3) is 2.87. The van der Waals surface area contributed by atoms with Crippen LogP contribution in [-0.4, -0.2) is 51.8 Å². The second kappa shape index (κ2) is 6.39. The molecule has 2 aromatic heterocycles. The summed E-state index contributed by atoms with van der Waals surface area (Å²) in [5.41, 5.74) is 0.645. The van der Waals surface area contributed by atoms with E-state index < -0.39 is 0 Å². The summed E-state index contributed by atoms with van der Waals surface area (Å²) in [4.78, 5) is 14.4. The fourth-order valence-corrected chi connectivity index (χ4v) is 2.56. The summed E-state index contributed by atoms with van der Waals surface area (Å²) in [5, 5.41) is 7.69. The highest BCUT2D eigenvalue weighted by Gasteiger charge is 2.19. The molecule has 7 heteroatoms. The van der Waals surface area contributed by atoms with Gasteiger partial charge in [-0.05, 0) is 32.1 Å². The van der Waals surface area contributed by atoms with Crippen molar-refractivity contribution in [2.24, 2.45) is 0 Å². The molecule has 1 fully saturated rings. The monoisotopic (exact) mass is 297 g/mol. The third-order valence-electron chi connectivity index (χ3n) is 3.81. The minimum atomic E-state index is -0.0615. The lowest BCUT2D eigenvalue weighted by atomic mass is 10.2. The Morgan fingerprint density at radius 1 is 1.50 bits per heavy atom. The van der Waals surface area contributed by atoms with E-state index >= 15 is 0 Å². The molecule has 1 aliphatic heterocycles. The number of hydrogen-bond acceptors (Lipinski definition) is 4. The molecule has 1 saturated heterocycles. The van der Waals surface area contributed by atoms with E-state index in [1.165, 1.54) is 6.42 Å². The van der Waals surface area contributed by atoms with Gasteiger partial charge in [-0.25, -0.2) is 9.48 Å². The van der Waals surface area contributed by atoms with E-state index in [9.17, 15) is 4.79 Å². The van der Waals surface area contributed by atoms with Gasteiger partial charge in [0.2, 0.25) is 0 Å². The van der Waals surface area contributed by atoms with Gasteiger partial charge in [-0.1, -0.05) is 6.07 Å². The molecule has 0 spiro atoms. The van der Waals surface area contributed by atoms with Crippen molar-refractivity contribution in [3.63, 3.8) is 0 Å². The van der Waals surface area contributed by atoms with E-state index in [4.69, 9.17) is 0 Å². The lowest BCUT2D eigenvalue weighted by molar-refractivity contribution is 0.242. The van der Waals surface area contributed by atoms with Gasteiger partial charge < -0.3 is 10.2 Å². The quantitative estimate of drug-likeness (QED) is 0.877. The molecule has 1 unspecified atom stereocenters. The first kappa shape index (κ1) is 15.0. The summed E-state index contributed by atoms with van der Waals surface area (Å²) in [7, 11) is 2.11. The van der Waals surface area contributed by atoms with Crippen LogP contribution in [0, 0.1) is 0 Å². The number of fused-ring (bicyclic) bond motifs is 1. The second-order valence-corrected chi connectivity index (χ2v) is 5.06. The van der Waals surface area contributed by atoms with Crippen LogP contribution < -0.4 is 11.0 Å². The Morgan fingerprint density at radius 3 is 3.05 bits per heavy atom. The first-order valence-corrected chi connectivity index (χ1v) is 6.71. The highest BCUT2D eigenvalue weighted by Crippen LogP contribution is 2.05. The lowest BCUT2D eigenvalue weighted by Crippen LogP contribution is -2.37. The molecular weight excluding hydrogens is 278 g/mol. The number of nitrogens with zero attached hydrogens (tertiary/aromatic N) is 4. The molecule has 0 amide bonds. The molecule has 0 radical (unpaired) electrons. The van der Waals surface area contributed by atoms with Gasteiger partial charge in [-0.15, -0.1) is 17.5 Å². The zero-order valence-electron chi connectivity index (χ0n) is 11.5. The SMILES string of the molecule is CN(CCn1nc2ccccn2c1=O)C1CCNC1.Cl. The van der Waals surface area contributed by atoms with Gasteiger partial charge in [-0.2, -0.15) is 0 Å². The van der Waals surface area contributed by atoms with Crippen LogP contribution in [-0.2, 0) is 6.54 Å². The first-order chi connectivity index (χ1) is 9.25. The van der Waals surface area contributed by atoms with Crippen LogP contribution in [0.1, 0.15) is 6.42 Å². The van der Waals surface area contributed by atoms with E-state index in [-0.39, 0.29) is 18.1 Å². The molecule has 110 valence electrons. The van der Waals surface area contributed by atoms with Crippen molar-refractivity contribution >= 4 is 18.1 Å². The molecule has 0 aromatic carbocycles. The van der Waals surface area contributed by atoms with E-state index in [2.05, 4.69) is 22.4 Å². The Balaban J connectivity index is 0.00000147. The zero-order chi connectivity index (χ0) is 13.2. The van der Waals surface area contributed by atoms with Crippen molar-refractivity contribution in [1.29, 1.82) is 0 Å². The average molecular weight is 298 g/mol. The Bertz CT molecular complexity index is 616. The summed E-state index contributed by atoms with van der Waals surface area (Å²) in [5.74, 6) is 0.